The van der Waals surface area contributed by atoms with E-state index < -0.39 is 18.7 Å². The maximum atomic E-state index is 12.3. The van der Waals surface area contributed by atoms with Crippen LogP contribution in [0.5, 0.6) is 0 Å². The van der Waals surface area contributed by atoms with Crippen LogP contribution in [-0.2, 0) is 4.74 Å². The Morgan fingerprint density at radius 1 is 1.55 bits per heavy atom. The number of nitrogens with one attached hydrogen (secondary N) is 1. The molecule has 1 N–H and O–H groups in total. The molecular formula is C13H17F3N4O2. The van der Waals surface area contributed by atoms with Crippen molar-refractivity contribution in [3.63, 3.8) is 0 Å². The minimum Gasteiger partial charge on any atom is -0.465 e. The van der Waals surface area contributed by atoms with E-state index in [1.807, 2.05) is 0 Å². The lowest BCUT2D eigenvalue weighted by Gasteiger charge is -2.18. The Labute approximate surface area is 125 Å². The van der Waals surface area contributed by atoms with E-state index in [1.165, 1.54) is 24.5 Å². The molecule has 1 atom stereocenters. The number of alkyl halides is 3. The molecule has 1 aliphatic rings. The van der Waals surface area contributed by atoms with Crippen LogP contribution in [0.25, 0.3) is 0 Å². The summed E-state index contributed by atoms with van der Waals surface area (Å²) in [5, 5.41) is 2.99. The van der Waals surface area contributed by atoms with E-state index in [9.17, 15) is 18.0 Å². The molecular weight excluding hydrogens is 301 g/mol. The number of hydrogen-bond donors (Lipinski definition) is 1. The lowest BCUT2D eigenvalue weighted by molar-refractivity contribution is -0.143. The molecule has 1 fully saturated rings. The fourth-order valence-electron chi connectivity index (χ4n) is 2.45. The molecule has 0 bridgehead atoms. The summed E-state index contributed by atoms with van der Waals surface area (Å²) in [5.74, 6) is -0.160. The highest BCUT2D eigenvalue weighted by Gasteiger charge is 2.34. The first-order chi connectivity index (χ1) is 10.4. The van der Waals surface area contributed by atoms with Gasteiger partial charge in [0.15, 0.2) is 0 Å². The van der Waals surface area contributed by atoms with E-state index in [4.69, 9.17) is 0 Å². The van der Waals surface area contributed by atoms with Gasteiger partial charge in [-0.3, -0.25) is 4.90 Å². The molecule has 0 amide bonds. The van der Waals surface area contributed by atoms with Gasteiger partial charge >= 0.3 is 12.1 Å². The lowest BCUT2D eigenvalue weighted by atomic mass is 10.1. The molecule has 1 aromatic heterocycles. The number of rotatable bonds is 5. The van der Waals surface area contributed by atoms with Gasteiger partial charge in [0.25, 0.3) is 0 Å². The Bertz CT molecular complexity index is 524. The Hall–Kier alpha value is -1.90. The zero-order chi connectivity index (χ0) is 16.2. The molecule has 22 heavy (non-hydrogen) atoms. The normalized spacial score (nSPS) is 19.2. The van der Waals surface area contributed by atoms with Crippen LogP contribution in [0.1, 0.15) is 16.8 Å². The average Bonchev–Trinajstić information content (AvgIpc) is 2.90. The summed E-state index contributed by atoms with van der Waals surface area (Å²) in [4.78, 5) is 20.7. The van der Waals surface area contributed by atoms with Crippen LogP contribution in [0, 0.1) is 5.92 Å². The molecule has 1 aliphatic heterocycles. The molecule has 0 radical (unpaired) electrons. The average molecular weight is 318 g/mol. The Morgan fingerprint density at radius 3 is 3.00 bits per heavy atom. The highest BCUT2D eigenvalue weighted by atomic mass is 19.4. The first kappa shape index (κ1) is 16.5. The van der Waals surface area contributed by atoms with Crippen molar-refractivity contribution < 1.29 is 22.7 Å². The van der Waals surface area contributed by atoms with Crippen molar-refractivity contribution in [2.45, 2.75) is 12.6 Å². The van der Waals surface area contributed by atoms with Crippen LogP contribution in [0.2, 0.25) is 0 Å². The summed E-state index contributed by atoms with van der Waals surface area (Å²) < 4.78 is 41.7. The van der Waals surface area contributed by atoms with Crippen LogP contribution in [0.15, 0.2) is 12.5 Å². The number of nitrogens with zero attached hydrogens (tertiary/aromatic N) is 3. The molecule has 0 aromatic carbocycles. The van der Waals surface area contributed by atoms with Crippen molar-refractivity contribution in [2.75, 3.05) is 38.6 Å². The molecule has 1 aromatic rings. The highest BCUT2D eigenvalue weighted by molar-refractivity contribution is 5.94. The number of anilines is 1. The van der Waals surface area contributed by atoms with Gasteiger partial charge in [0.1, 0.15) is 17.7 Å². The molecule has 0 spiro atoms. The fourth-order valence-corrected chi connectivity index (χ4v) is 2.45. The van der Waals surface area contributed by atoms with Gasteiger partial charge in [0, 0.05) is 19.3 Å². The summed E-state index contributed by atoms with van der Waals surface area (Å²) in [6, 6.07) is 0. The van der Waals surface area contributed by atoms with Gasteiger partial charge in [-0.15, -0.1) is 0 Å². The van der Waals surface area contributed by atoms with E-state index in [0.29, 0.717) is 31.9 Å². The minimum atomic E-state index is -4.17. The maximum Gasteiger partial charge on any atom is 0.401 e. The SMILES string of the molecule is COC(=O)c1cncnc1NC[C@H]1CCN(CC(F)(F)F)C1. The summed E-state index contributed by atoms with van der Waals surface area (Å²) in [6.45, 7) is 0.338. The molecule has 122 valence electrons. The van der Waals surface area contributed by atoms with Gasteiger partial charge in [-0.05, 0) is 18.9 Å². The number of halogens is 3. The van der Waals surface area contributed by atoms with Gasteiger partial charge in [-0.2, -0.15) is 13.2 Å². The molecule has 6 nitrogen and oxygen atoms in total. The zero-order valence-corrected chi connectivity index (χ0v) is 12.1. The first-order valence-corrected chi connectivity index (χ1v) is 6.80. The molecule has 1 saturated heterocycles. The van der Waals surface area contributed by atoms with Gasteiger partial charge < -0.3 is 10.1 Å². The topological polar surface area (TPSA) is 67.3 Å². The van der Waals surface area contributed by atoms with E-state index in [-0.39, 0.29) is 11.5 Å². The van der Waals surface area contributed by atoms with Crippen LogP contribution in [0.4, 0.5) is 19.0 Å². The number of aromatic nitrogens is 2. The molecule has 2 rings (SSSR count). The van der Waals surface area contributed by atoms with Crippen LogP contribution in [-0.4, -0.2) is 60.3 Å². The smallest absolute Gasteiger partial charge is 0.401 e. The van der Waals surface area contributed by atoms with Gasteiger partial charge in [-0.25, -0.2) is 14.8 Å². The standard InChI is InChI=1S/C13H17F3N4O2/c1-22-12(21)10-5-17-8-19-11(10)18-4-9-2-3-20(6-9)7-13(14,15)16/h5,8-9H,2-4,6-7H2,1H3,(H,17,18,19)/t9-/m1/s1. The predicted octanol–water partition coefficient (Wildman–Crippen LogP) is 1.56. The van der Waals surface area contributed by atoms with E-state index in [1.54, 1.807) is 0 Å². The van der Waals surface area contributed by atoms with Crippen molar-refractivity contribution >= 4 is 11.8 Å². The second kappa shape index (κ2) is 6.91. The Morgan fingerprint density at radius 2 is 2.32 bits per heavy atom. The minimum absolute atomic E-state index is 0.0720. The zero-order valence-electron chi connectivity index (χ0n) is 12.1. The second-order valence-electron chi connectivity index (χ2n) is 5.16. The Balaban J connectivity index is 1.88. The van der Waals surface area contributed by atoms with Crippen molar-refractivity contribution in [2.24, 2.45) is 5.92 Å². The second-order valence-corrected chi connectivity index (χ2v) is 5.16. The number of hydrogen-bond acceptors (Lipinski definition) is 6. The molecule has 0 aliphatic carbocycles. The summed E-state index contributed by atoms with van der Waals surface area (Å²) in [7, 11) is 1.26. The maximum absolute atomic E-state index is 12.3. The Kier molecular flexibility index (Phi) is 5.17. The first-order valence-electron chi connectivity index (χ1n) is 6.80. The van der Waals surface area contributed by atoms with Crippen molar-refractivity contribution in [3.8, 4) is 0 Å². The number of carbonyl (C=O) groups excluding carboxylic acids is 1. The monoisotopic (exact) mass is 318 g/mol. The van der Waals surface area contributed by atoms with E-state index in [2.05, 4.69) is 20.0 Å². The largest absolute Gasteiger partial charge is 0.465 e. The van der Waals surface area contributed by atoms with Crippen molar-refractivity contribution in [3.05, 3.63) is 18.1 Å². The molecule has 0 saturated carbocycles. The van der Waals surface area contributed by atoms with Crippen LogP contribution >= 0.6 is 0 Å². The third-order valence-corrected chi connectivity index (χ3v) is 3.45. The number of ether oxygens (including phenoxy) is 1. The summed E-state index contributed by atoms with van der Waals surface area (Å²) >= 11 is 0. The molecule has 2 heterocycles. The molecule has 0 unspecified atom stereocenters. The van der Waals surface area contributed by atoms with Gasteiger partial charge in [0.2, 0.25) is 0 Å². The number of methoxy groups -OCH3 is 1. The van der Waals surface area contributed by atoms with E-state index in [0.717, 1.165) is 0 Å². The van der Waals surface area contributed by atoms with Crippen molar-refractivity contribution in [1.29, 1.82) is 0 Å². The van der Waals surface area contributed by atoms with Crippen LogP contribution < -0.4 is 5.32 Å². The predicted molar refractivity (Wildman–Crippen MR) is 72.5 cm³/mol. The van der Waals surface area contributed by atoms with E-state index >= 15 is 0 Å². The quantitative estimate of drug-likeness (QED) is 0.831. The van der Waals surface area contributed by atoms with Gasteiger partial charge in [0.05, 0.1) is 13.7 Å². The third kappa shape index (κ3) is 4.55. The lowest BCUT2D eigenvalue weighted by Crippen LogP contribution is -2.33. The fraction of sp³-hybridized carbons (Fsp3) is 0.615. The van der Waals surface area contributed by atoms with Crippen LogP contribution in [0.3, 0.4) is 0 Å². The number of carbonyl (C=O) groups is 1. The van der Waals surface area contributed by atoms with Crippen molar-refractivity contribution in [1.82, 2.24) is 14.9 Å². The molecule has 9 heteroatoms. The number of likely N-dealkylation sites (tertiary alicyclic amines) is 1. The number of esters is 1. The third-order valence-electron chi connectivity index (χ3n) is 3.45. The summed E-state index contributed by atoms with van der Waals surface area (Å²) in [5.41, 5.74) is 0.204. The highest BCUT2D eigenvalue weighted by Crippen LogP contribution is 2.23. The van der Waals surface area contributed by atoms with Gasteiger partial charge in [-0.1, -0.05) is 0 Å². The summed E-state index contributed by atoms with van der Waals surface area (Å²) in [6.07, 6.45) is -0.875.